The fourth-order valence-corrected chi connectivity index (χ4v) is 2.97. The van der Waals surface area contributed by atoms with Crippen molar-refractivity contribution in [2.45, 2.75) is 26.1 Å². The van der Waals surface area contributed by atoms with E-state index in [4.69, 9.17) is 10.5 Å². The van der Waals surface area contributed by atoms with E-state index in [0.717, 1.165) is 0 Å². The zero-order valence-electron chi connectivity index (χ0n) is 11.9. The Kier molecular flexibility index (Phi) is 5.22. The summed E-state index contributed by atoms with van der Waals surface area (Å²) in [6, 6.07) is 1.99. The lowest BCUT2D eigenvalue weighted by atomic mass is 9.97. The molecule has 0 saturated heterocycles. The molecule has 0 aromatic rings. The topological polar surface area (TPSA) is 96.4 Å². The van der Waals surface area contributed by atoms with Crippen LogP contribution in [0.3, 0.4) is 0 Å². The highest BCUT2D eigenvalue weighted by atomic mass is 32.2. The Hall–Kier alpha value is -1.94. The number of carbonyl (C=O) groups excluding carboxylic acids is 2. The van der Waals surface area contributed by atoms with E-state index in [1.807, 2.05) is 6.07 Å². The second-order valence-corrected chi connectivity index (χ2v) is 5.03. The summed E-state index contributed by atoms with van der Waals surface area (Å²) in [5.41, 5.74) is 6.85. The summed E-state index contributed by atoms with van der Waals surface area (Å²) in [5.74, 6) is -0.290. The molecule has 0 aromatic heterocycles. The largest absolute Gasteiger partial charge is 0.449 e. The van der Waals surface area contributed by atoms with Gasteiger partial charge in [0.05, 0.1) is 23.5 Å². The van der Waals surface area contributed by atoms with Crippen molar-refractivity contribution in [1.82, 2.24) is 4.90 Å². The first-order valence-electron chi connectivity index (χ1n) is 6.01. The molecule has 7 heteroatoms. The number of ether oxygens (including phenoxy) is 1. The number of amides is 1. The maximum absolute atomic E-state index is 12.1. The van der Waals surface area contributed by atoms with Crippen LogP contribution in [0, 0.1) is 11.3 Å². The van der Waals surface area contributed by atoms with Gasteiger partial charge in [-0.15, -0.1) is 11.8 Å². The van der Waals surface area contributed by atoms with Gasteiger partial charge in [0.25, 0.3) is 0 Å². The van der Waals surface area contributed by atoms with Gasteiger partial charge in [-0.2, -0.15) is 5.26 Å². The first kappa shape index (κ1) is 16.1. The number of allylic oxidation sites excluding steroid dienone is 2. The van der Waals surface area contributed by atoms with Crippen molar-refractivity contribution in [1.29, 1.82) is 5.26 Å². The van der Waals surface area contributed by atoms with Crippen LogP contribution in [-0.4, -0.2) is 35.0 Å². The number of hydrogen-bond acceptors (Lipinski definition) is 6. The Bertz CT molecular complexity index is 546. The summed E-state index contributed by atoms with van der Waals surface area (Å²) in [7, 11) is 0. The number of rotatable bonds is 3. The van der Waals surface area contributed by atoms with Crippen molar-refractivity contribution in [3.05, 3.63) is 22.5 Å². The third-order valence-electron chi connectivity index (χ3n) is 2.92. The van der Waals surface area contributed by atoms with E-state index in [0.29, 0.717) is 5.70 Å². The van der Waals surface area contributed by atoms with Crippen LogP contribution in [0.25, 0.3) is 0 Å². The third-order valence-corrected chi connectivity index (χ3v) is 3.82. The number of thioether (sulfide) groups is 1. The number of nitrogens with zero attached hydrogens (tertiary/aromatic N) is 2. The van der Waals surface area contributed by atoms with E-state index >= 15 is 0 Å². The van der Waals surface area contributed by atoms with Crippen molar-refractivity contribution in [2.75, 3.05) is 12.9 Å². The fourth-order valence-electron chi connectivity index (χ4n) is 2.10. The fraction of sp³-hybridized carbons (Fsp3) is 0.462. The van der Waals surface area contributed by atoms with Crippen LogP contribution in [0.1, 0.15) is 20.8 Å². The second kappa shape index (κ2) is 6.48. The lowest BCUT2D eigenvalue weighted by Gasteiger charge is -2.35. The molecule has 0 aromatic carbocycles. The number of carbonyl (C=O) groups is 2. The summed E-state index contributed by atoms with van der Waals surface area (Å²) >= 11 is 1.28. The Balaban J connectivity index is 3.48. The first-order chi connectivity index (χ1) is 9.40. The molecule has 0 aliphatic carbocycles. The van der Waals surface area contributed by atoms with Crippen LogP contribution >= 0.6 is 11.8 Å². The van der Waals surface area contributed by atoms with Gasteiger partial charge < -0.3 is 10.5 Å². The molecular formula is C13H17N3O3S. The van der Waals surface area contributed by atoms with E-state index < -0.39 is 11.5 Å². The number of Topliss-reactive ketones (excluding diaryl/α,β-unsaturated/α-hetero) is 1. The average Bonchev–Trinajstić information content (AvgIpc) is 2.37. The molecule has 1 atom stereocenters. The normalized spacial score (nSPS) is 18.9. The van der Waals surface area contributed by atoms with Crippen molar-refractivity contribution < 1.29 is 14.3 Å². The number of hydrogen-bond donors (Lipinski definition) is 1. The molecule has 0 spiro atoms. The molecule has 1 aliphatic heterocycles. The average molecular weight is 295 g/mol. The van der Waals surface area contributed by atoms with E-state index in [9.17, 15) is 14.9 Å². The minimum Gasteiger partial charge on any atom is -0.449 e. The van der Waals surface area contributed by atoms with Crippen LogP contribution in [0.5, 0.6) is 0 Å². The standard InChI is InChI=1S/C13H17N3O3S/c1-5-19-13(18)16-7(2)10(8(3)17)11(15)9(6-14)12(16)20-4/h12H,5,15H2,1-4H3. The summed E-state index contributed by atoms with van der Waals surface area (Å²) in [5, 5.41) is 8.68. The molecule has 20 heavy (non-hydrogen) atoms. The molecule has 1 amide bonds. The highest BCUT2D eigenvalue weighted by Crippen LogP contribution is 2.35. The van der Waals surface area contributed by atoms with Gasteiger partial charge in [0.1, 0.15) is 11.4 Å². The molecule has 2 N–H and O–H groups in total. The third kappa shape index (κ3) is 2.65. The molecule has 1 aliphatic rings. The molecular weight excluding hydrogens is 278 g/mol. The molecule has 0 saturated carbocycles. The summed E-state index contributed by atoms with van der Waals surface area (Å²) in [6.45, 7) is 4.87. The van der Waals surface area contributed by atoms with Crippen LogP contribution < -0.4 is 5.73 Å². The van der Waals surface area contributed by atoms with E-state index in [1.54, 1.807) is 20.1 Å². The molecule has 0 fully saturated rings. The minimum atomic E-state index is -0.594. The highest BCUT2D eigenvalue weighted by Gasteiger charge is 2.37. The van der Waals surface area contributed by atoms with Crippen molar-refractivity contribution in [2.24, 2.45) is 5.73 Å². The Labute approximate surface area is 122 Å². The predicted molar refractivity (Wildman–Crippen MR) is 76.4 cm³/mol. The summed E-state index contributed by atoms with van der Waals surface area (Å²) in [4.78, 5) is 25.1. The van der Waals surface area contributed by atoms with Gasteiger partial charge in [-0.1, -0.05) is 0 Å². The van der Waals surface area contributed by atoms with Crippen molar-refractivity contribution in [3.8, 4) is 6.07 Å². The molecule has 108 valence electrons. The van der Waals surface area contributed by atoms with Crippen LogP contribution in [-0.2, 0) is 9.53 Å². The van der Waals surface area contributed by atoms with Gasteiger partial charge in [-0.05, 0) is 27.0 Å². The summed E-state index contributed by atoms with van der Waals surface area (Å²) < 4.78 is 5.00. The maximum atomic E-state index is 12.1. The lowest BCUT2D eigenvalue weighted by Crippen LogP contribution is -2.43. The zero-order valence-corrected chi connectivity index (χ0v) is 12.7. The van der Waals surface area contributed by atoms with Gasteiger partial charge in [0.15, 0.2) is 5.78 Å². The monoisotopic (exact) mass is 295 g/mol. The van der Waals surface area contributed by atoms with Gasteiger partial charge >= 0.3 is 6.09 Å². The SMILES string of the molecule is CCOC(=O)N1C(C)=C(C(C)=O)C(N)=C(C#N)C1SC. The van der Waals surface area contributed by atoms with Gasteiger partial charge in [0, 0.05) is 5.70 Å². The second-order valence-electron chi connectivity index (χ2n) is 4.11. The zero-order chi connectivity index (χ0) is 15.4. The Morgan fingerprint density at radius 1 is 1.55 bits per heavy atom. The Morgan fingerprint density at radius 2 is 2.15 bits per heavy atom. The maximum Gasteiger partial charge on any atom is 0.415 e. The lowest BCUT2D eigenvalue weighted by molar-refractivity contribution is -0.113. The molecule has 1 heterocycles. The van der Waals surface area contributed by atoms with Crippen LogP contribution in [0.2, 0.25) is 0 Å². The van der Waals surface area contributed by atoms with E-state index in [1.165, 1.54) is 23.6 Å². The highest BCUT2D eigenvalue weighted by molar-refractivity contribution is 7.99. The number of nitrogens with two attached hydrogens (primary N) is 1. The van der Waals surface area contributed by atoms with Crippen molar-refractivity contribution in [3.63, 3.8) is 0 Å². The van der Waals surface area contributed by atoms with Crippen molar-refractivity contribution >= 4 is 23.6 Å². The molecule has 0 bridgehead atoms. The number of ketones is 1. The molecule has 6 nitrogen and oxygen atoms in total. The van der Waals surface area contributed by atoms with Gasteiger partial charge in [-0.25, -0.2) is 4.79 Å². The first-order valence-corrected chi connectivity index (χ1v) is 7.30. The molecule has 0 radical (unpaired) electrons. The van der Waals surface area contributed by atoms with E-state index in [2.05, 4.69) is 0 Å². The molecule has 1 unspecified atom stereocenters. The number of nitriles is 1. The minimum absolute atomic E-state index is 0.136. The van der Waals surface area contributed by atoms with Crippen LogP contribution in [0.15, 0.2) is 22.5 Å². The Morgan fingerprint density at radius 3 is 2.55 bits per heavy atom. The van der Waals surface area contributed by atoms with E-state index in [-0.39, 0.29) is 29.2 Å². The quantitative estimate of drug-likeness (QED) is 0.852. The summed E-state index contributed by atoms with van der Waals surface area (Å²) in [6.07, 6.45) is 1.16. The smallest absolute Gasteiger partial charge is 0.415 e. The van der Waals surface area contributed by atoms with Gasteiger partial charge in [0.2, 0.25) is 0 Å². The predicted octanol–water partition coefficient (Wildman–Crippen LogP) is 1.75. The van der Waals surface area contributed by atoms with Gasteiger partial charge in [-0.3, -0.25) is 9.69 Å². The molecule has 1 rings (SSSR count). The van der Waals surface area contributed by atoms with Crippen LogP contribution in [0.4, 0.5) is 4.79 Å².